The van der Waals surface area contributed by atoms with Gasteiger partial charge < -0.3 is 5.73 Å². The Morgan fingerprint density at radius 1 is 1.28 bits per heavy atom. The summed E-state index contributed by atoms with van der Waals surface area (Å²) in [6.45, 7) is 4.89. The largest absolute Gasteiger partial charge is 0.329 e. The van der Waals surface area contributed by atoms with Crippen LogP contribution in [0.3, 0.4) is 0 Å². The highest BCUT2D eigenvalue weighted by molar-refractivity contribution is 7.89. The average molecular weight is 270 g/mol. The van der Waals surface area contributed by atoms with E-state index < -0.39 is 10.0 Å². The summed E-state index contributed by atoms with van der Waals surface area (Å²) in [4.78, 5) is 0.325. The van der Waals surface area contributed by atoms with Gasteiger partial charge in [0.1, 0.15) is 0 Å². The predicted molar refractivity (Wildman–Crippen MR) is 74.0 cm³/mol. The molecule has 1 aromatic rings. The van der Waals surface area contributed by atoms with Crippen molar-refractivity contribution in [3.63, 3.8) is 0 Å². The summed E-state index contributed by atoms with van der Waals surface area (Å²) in [7, 11) is -1.85. The van der Waals surface area contributed by atoms with Gasteiger partial charge in [-0.3, -0.25) is 0 Å². The predicted octanol–water partition coefficient (Wildman–Crippen LogP) is 1.78. The monoisotopic (exact) mass is 270 g/mol. The third-order valence-electron chi connectivity index (χ3n) is 3.21. The molecule has 1 unspecified atom stereocenters. The lowest BCUT2D eigenvalue weighted by Crippen LogP contribution is -2.31. The molecule has 0 aliphatic carbocycles. The highest BCUT2D eigenvalue weighted by atomic mass is 32.2. The van der Waals surface area contributed by atoms with Crippen molar-refractivity contribution in [2.24, 2.45) is 5.73 Å². The molecule has 1 rings (SSSR count). The van der Waals surface area contributed by atoms with Crippen LogP contribution < -0.4 is 5.73 Å². The minimum absolute atomic E-state index is 0.320. The minimum atomic E-state index is -3.40. The summed E-state index contributed by atoms with van der Waals surface area (Å²) in [5, 5.41) is 0. The van der Waals surface area contributed by atoms with Crippen molar-refractivity contribution >= 4 is 10.0 Å². The lowest BCUT2D eigenvalue weighted by molar-refractivity contribution is 0.476. The van der Waals surface area contributed by atoms with Crippen LogP contribution in [0.5, 0.6) is 0 Å². The van der Waals surface area contributed by atoms with Crippen LogP contribution in [0.25, 0.3) is 0 Å². The fourth-order valence-corrected chi connectivity index (χ4v) is 2.87. The molecule has 0 aromatic heterocycles. The SMILES string of the molecule is CCC(C)c1ccc(S(=O)(=O)N(C)CCN)cc1. The van der Waals surface area contributed by atoms with Crippen molar-refractivity contribution in [3.05, 3.63) is 29.8 Å². The molecule has 0 heterocycles. The molecule has 5 heteroatoms. The quantitative estimate of drug-likeness (QED) is 0.857. The van der Waals surface area contributed by atoms with Gasteiger partial charge in [-0.1, -0.05) is 26.0 Å². The summed E-state index contributed by atoms with van der Waals surface area (Å²) in [6.07, 6.45) is 1.04. The van der Waals surface area contributed by atoms with E-state index in [0.29, 0.717) is 23.9 Å². The third-order valence-corrected chi connectivity index (χ3v) is 5.08. The average Bonchev–Trinajstić information content (AvgIpc) is 2.38. The molecular formula is C13H22N2O2S. The van der Waals surface area contributed by atoms with Crippen molar-refractivity contribution in [2.75, 3.05) is 20.1 Å². The Balaban J connectivity index is 2.98. The van der Waals surface area contributed by atoms with Crippen LogP contribution in [0.1, 0.15) is 31.7 Å². The maximum Gasteiger partial charge on any atom is 0.242 e. The third kappa shape index (κ3) is 3.31. The maximum atomic E-state index is 12.1. The Labute approximate surface area is 110 Å². The van der Waals surface area contributed by atoms with E-state index in [1.54, 1.807) is 19.2 Å². The van der Waals surface area contributed by atoms with Crippen molar-refractivity contribution in [1.82, 2.24) is 4.31 Å². The number of sulfonamides is 1. The second-order valence-electron chi connectivity index (χ2n) is 4.49. The van der Waals surface area contributed by atoms with Crippen LogP contribution in [0.4, 0.5) is 0 Å². The Hall–Kier alpha value is -0.910. The molecule has 4 nitrogen and oxygen atoms in total. The van der Waals surface area contributed by atoms with Crippen molar-refractivity contribution in [2.45, 2.75) is 31.1 Å². The number of hydrogen-bond donors (Lipinski definition) is 1. The Kier molecular flexibility index (Phi) is 5.31. The molecule has 18 heavy (non-hydrogen) atoms. The van der Waals surface area contributed by atoms with Crippen molar-refractivity contribution in [1.29, 1.82) is 0 Å². The van der Waals surface area contributed by atoms with E-state index in [1.165, 1.54) is 4.31 Å². The standard InChI is InChI=1S/C13H22N2O2S/c1-4-11(2)12-5-7-13(8-6-12)18(16,17)15(3)10-9-14/h5-8,11H,4,9-10,14H2,1-3H3. The molecule has 0 amide bonds. The molecule has 1 aromatic carbocycles. The smallest absolute Gasteiger partial charge is 0.242 e. The first-order valence-electron chi connectivity index (χ1n) is 6.19. The van der Waals surface area contributed by atoms with Crippen LogP contribution >= 0.6 is 0 Å². The van der Waals surface area contributed by atoms with Gasteiger partial charge in [-0.2, -0.15) is 4.31 Å². The summed E-state index contributed by atoms with van der Waals surface area (Å²) in [6, 6.07) is 7.11. The molecule has 0 bridgehead atoms. The van der Waals surface area contributed by atoms with Gasteiger partial charge in [0.25, 0.3) is 0 Å². The summed E-state index contributed by atoms with van der Waals surface area (Å²) < 4.78 is 25.6. The van der Waals surface area contributed by atoms with Gasteiger partial charge in [-0.05, 0) is 30.0 Å². The van der Waals surface area contributed by atoms with Crippen LogP contribution in [0.2, 0.25) is 0 Å². The number of benzene rings is 1. The number of rotatable bonds is 6. The molecule has 0 radical (unpaired) electrons. The Morgan fingerprint density at radius 2 is 1.83 bits per heavy atom. The summed E-state index contributed by atoms with van der Waals surface area (Å²) in [5.41, 5.74) is 6.54. The zero-order chi connectivity index (χ0) is 13.8. The fraction of sp³-hybridized carbons (Fsp3) is 0.538. The van der Waals surface area contributed by atoms with Gasteiger partial charge in [0.05, 0.1) is 4.90 Å². The van der Waals surface area contributed by atoms with Gasteiger partial charge in [0.15, 0.2) is 0 Å². The minimum Gasteiger partial charge on any atom is -0.329 e. The first-order chi connectivity index (χ1) is 8.43. The van der Waals surface area contributed by atoms with E-state index in [9.17, 15) is 8.42 Å². The van der Waals surface area contributed by atoms with Gasteiger partial charge in [-0.25, -0.2) is 8.42 Å². The zero-order valence-electron chi connectivity index (χ0n) is 11.3. The fourth-order valence-electron chi connectivity index (χ4n) is 1.69. The summed E-state index contributed by atoms with van der Waals surface area (Å²) >= 11 is 0. The van der Waals surface area contributed by atoms with Gasteiger partial charge in [0.2, 0.25) is 10.0 Å². The van der Waals surface area contributed by atoms with Gasteiger partial charge in [0, 0.05) is 20.1 Å². The zero-order valence-corrected chi connectivity index (χ0v) is 12.1. The Bertz CT molecular complexity index is 468. The first kappa shape index (κ1) is 15.1. The van der Waals surface area contributed by atoms with Crippen LogP contribution in [-0.2, 0) is 10.0 Å². The number of hydrogen-bond acceptors (Lipinski definition) is 3. The van der Waals surface area contributed by atoms with E-state index in [-0.39, 0.29) is 0 Å². The van der Waals surface area contributed by atoms with Crippen LogP contribution in [0.15, 0.2) is 29.2 Å². The molecule has 0 saturated heterocycles. The number of nitrogens with zero attached hydrogens (tertiary/aromatic N) is 1. The van der Waals surface area contributed by atoms with Crippen LogP contribution in [0, 0.1) is 0 Å². The van der Waals surface area contributed by atoms with E-state index >= 15 is 0 Å². The van der Waals surface area contributed by atoms with Crippen LogP contribution in [-0.4, -0.2) is 32.9 Å². The second kappa shape index (κ2) is 6.31. The highest BCUT2D eigenvalue weighted by Crippen LogP contribution is 2.21. The van der Waals surface area contributed by atoms with Crippen molar-refractivity contribution < 1.29 is 8.42 Å². The molecule has 0 aliphatic rings. The molecule has 0 fully saturated rings. The van der Waals surface area contributed by atoms with E-state index in [4.69, 9.17) is 5.73 Å². The van der Waals surface area contributed by atoms with Crippen molar-refractivity contribution in [3.8, 4) is 0 Å². The molecule has 0 aliphatic heterocycles. The van der Waals surface area contributed by atoms with E-state index in [2.05, 4.69) is 13.8 Å². The van der Waals surface area contributed by atoms with Gasteiger partial charge >= 0.3 is 0 Å². The molecule has 0 spiro atoms. The first-order valence-corrected chi connectivity index (χ1v) is 7.63. The molecule has 102 valence electrons. The lowest BCUT2D eigenvalue weighted by Gasteiger charge is -2.17. The second-order valence-corrected chi connectivity index (χ2v) is 6.54. The van der Waals surface area contributed by atoms with Gasteiger partial charge in [-0.15, -0.1) is 0 Å². The molecule has 2 N–H and O–H groups in total. The van der Waals surface area contributed by atoms with E-state index in [1.807, 2.05) is 12.1 Å². The summed E-state index contributed by atoms with van der Waals surface area (Å²) in [5.74, 6) is 0.448. The van der Waals surface area contributed by atoms with E-state index in [0.717, 1.165) is 12.0 Å². The number of nitrogens with two attached hydrogens (primary N) is 1. The Morgan fingerprint density at radius 3 is 2.28 bits per heavy atom. The molecule has 1 atom stereocenters. The number of likely N-dealkylation sites (N-methyl/N-ethyl adjacent to an activating group) is 1. The molecular weight excluding hydrogens is 248 g/mol. The topological polar surface area (TPSA) is 63.4 Å². The highest BCUT2D eigenvalue weighted by Gasteiger charge is 2.19. The maximum absolute atomic E-state index is 12.1. The molecule has 0 saturated carbocycles. The lowest BCUT2D eigenvalue weighted by atomic mass is 9.99. The normalized spacial score (nSPS) is 13.8.